The van der Waals surface area contributed by atoms with Gasteiger partial charge < -0.3 is 10.6 Å². The predicted molar refractivity (Wildman–Crippen MR) is 76.9 cm³/mol. The first-order valence-corrected chi connectivity index (χ1v) is 6.34. The van der Waals surface area contributed by atoms with Crippen LogP contribution in [0.25, 0.3) is 0 Å². The maximum absolute atomic E-state index is 5.68. The van der Waals surface area contributed by atoms with Crippen molar-refractivity contribution < 1.29 is 0 Å². The third-order valence-corrected chi connectivity index (χ3v) is 2.98. The number of nitrogens with two attached hydrogens (primary N) is 1. The number of hydrogen-bond acceptors (Lipinski definition) is 5. The molecule has 100 valence electrons. The molecule has 2 heterocycles. The number of pyridine rings is 1. The summed E-state index contributed by atoms with van der Waals surface area (Å²) in [6.45, 7) is 4.85. The maximum Gasteiger partial charge on any atom is 0.221 e. The van der Waals surface area contributed by atoms with Crippen LogP contribution >= 0.6 is 0 Å². The van der Waals surface area contributed by atoms with Crippen LogP contribution in [0.2, 0.25) is 0 Å². The summed E-state index contributed by atoms with van der Waals surface area (Å²) < 4.78 is 0. The van der Waals surface area contributed by atoms with Crippen LogP contribution in [0.4, 0.5) is 11.8 Å². The van der Waals surface area contributed by atoms with Gasteiger partial charge in [-0.3, -0.25) is 4.98 Å². The van der Waals surface area contributed by atoms with E-state index in [0.29, 0.717) is 5.95 Å². The highest BCUT2D eigenvalue weighted by Gasteiger charge is 2.10. The monoisotopic (exact) mass is 257 g/mol. The van der Waals surface area contributed by atoms with Gasteiger partial charge in [-0.1, -0.05) is 6.92 Å². The van der Waals surface area contributed by atoms with E-state index in [9.17, 15) is 0 Å². The SMILES string of the molecule is CCc1cnc(N)nc1N(C)Cc1ccnc(C)c1. The molecule has 5 heteroatoms. The largest absolute Gasteiger partial charge is 0.368 e. The van der Waals surface area contributed by atoms with Crippen LogP contribution in [0.15, 0.2) is 24.5 Å². The van der Waals surface area contributed by atoms with Crippen LogP contribution in [0.1, 0.15) is 23.7 Å². The number of anilines is 2. The molecule has 0 aromatic carbocycles. The van der Waals surface area contributed by atoms with Gasteiger partial charge >= 0.3 is 0 Å². The van der Waals surface area contributed by atoms with Gasteiger partial charge in [-0.15, -0.1) is 0 Å². The van der Waals surface area contributed by atoms with E-state index in [4.69, 9.17) is 5.73 Å². The predicted octanol–water partition coefficient (Wildman–Crippen LogP) is 1.96. The highest BCUT2D eigenvalue weighted by Crippen LogP contribution is 2.19. The van der Waals surface area contributed by atoms with Crippen molar-refractivity contribution in [2.45, 2.75) is 26.8 Å². The van der Waals surface area contributed by atoms with E-state index < -0.39 is 0 Å². The first-order chi connectivity index (χ1) is 9.10. The van der Waals surface area contributed by atoms with E-state index in [1.165, 1.54) is 5.56 Å². The first-order valence-electron chi connectivity index (χ1n) is 6.34. The van der Waals surface area contributed by atoms with Crippen LogP contribution in [0, 0.1) is 6.92 Å². The van der Waals surface area contributed by atoms with Gasteiger partial charge in [0.1, 0.15) is 5.82 Å². The number of rotatable bonds is 4. The van der Waals surface area contributed by atoms with Crippen molar-refractivity contribution >= 4 is 11.8 Å². The summed E-state index contributed by atoms with van der Waals surface area (Å²) in [5.41, 5.74) is 9.00. The van der Waals surface area contributed by atoms with Crippen LogP contribution in [-0.4, -0.2) is 22.0 Å². The molecule has 5 nitrogen and oxygen atoms in total. The summed E-state index contributed by atoms with van der Waals surface area (Å²) in [5.74, 6) is 1.20. The van der Waals surface area contributed by atoms with Gasteiger partial charge in [0.05, 0.1) is 0 Å². The molecule has 0 aliphatic carbocycles. The molecule has 0 saturated heterocycles. The second-order valence-electron chi connectivity index (χ2n) is 4.59. The van der Waals surface area contributed by atoms with Crippen molar-refractivity contribution in [2.75, 3.05) is 17.7 Å². The molecule has 0 bridgehead atoms. The molecule has 2 N–H and O–H groups in total. The number of nitrogen functional groups attached to an aromatic ring is 1. The second kappa shape index (κ2) is 5.65. The summed E-state index contributed by atoms with van der Waals surface area (Å²) in [6, 6.07) is 4.09. The van der Waals surface area contributed by atoms with E-state index in [-0.39, 0.29) is 0 Å². The fourth-order valence-corrected chi connectivity index (χ4v) is 2.04. The topological polar surface area (TPSA) is 67.9 Å². The van der Waals surface area contributed by atoms with Crippen molar-refractivity contribution in [3.8, 4) is 0 Å². The van der Waals surface area contributed by atoms with Crippen molar-refractivity contribution in [2.24, 2.45) is 0 Å². The molecule has 0 radical (unpaired) electrons. The van der Waals surface area contributed by atoms with E-state index in [1.54, 1.807) is 6.20 Å². The van der Waals surface area contributed by atoms with E-state index in [1.807, 2.05) is 26.2 Å². The van der Waals surface area contributed by atoms with Gasteiger partial charge in [0, 0.05) is 37.2 Å². The molecule has 2 aromatic heterocycles. The fraction of sp³-hybridized carbons (Fsp3) is 0.357. The quantitative estimate of drug-likeness (QED) is 0.906. The molecule has 0 spiro atoms. The zero-order valence-corrected chi connectivity index (χ0v) is 11.6. The summed E-state index contributed by atoms with van der Waals surface area (Å²) >= 11 is 0. The molecule has 2 aromatic rings. The molecule has 0 atom stereocenters. The molecule has 2 rings (SSSR count). The second-order valence-corrected chi connectivity index (χ2v) is 4.59. The Balaban J connectivity index is 2.24. The molecule has 0 unspecified atom stereocenters. The minimum Gasteiger partial charge on any atom is -0.368 e. The summed E-state index contributed by atoms with van der Waals surface area (Å²) in [5, 5.41) is 0. The average molecular weight is 257 g/mol. The van der Waals surface area contributed by atoms with Crippen molar-refractivity contribution in [3.05, 3.63) is 41.3 Å². The number of aryl methyl sites for hydroxylation is 2. The Bertz CT molecular complexity index is 568. The standard InChI is InChI=1S/C14H19N5/c1-4-12-8-17-14(15)18-13(12)19(3)9-11-5-6-16-10(2)7-11/h5-8H,4,9H2,1-3H3,(H2,15,17,18). The van der Waals surface area contributed by atoms with Crippen LogP contribution < -0.4 is 10.6 Å². The zero-order valence-electron chi connectivity index (χ0n) is 11.6. The van der Waals surface area contributed by atoms with Crippen LogP contribution in [0.5, 0.6) is 0 Å². The maximum atomic E-state index is 5.68. The number of aromatic nitrogens is 3. The Morgan fingerprint density at radius 3 is 2.79 bits per heavy atom. The van der Waals surface area contributed by atoms with Gasteiger partial charge in [-0.25, -0.2) is 4.98 Å². The molecular formula is C14H19N5. The molecule has 0 amide bonds. The zero-order chi connectivity index (χ0) is 13.8. The molecule has 0 fully saturated rings. The minimum atomic E-state index is 0.310. The van der Waals surface area contributed by atoms with Crippen molar-refractivity contribution in [1.29, 1.82) is 0 Å². The average Bonchev–Trinajstić information content (AvgIpc) is 2.38. The summed E-state index contributed by atoms with van der Waals surface area (Å²) in [6.07, 6.45) is 4.51. The normalized spacial score (nSPS) is 10.5. The third-order valence-electron chi connectivity index (χ3n) is 2.98. The summed E-state index contributed by atoms with van der Waals surface area (Å²) in [7, 11) is 2.01. The summed E-state index contributed by atoms with van der Waals surface area (Å²) in [4.78, 5) is 14.7. The Kier molecular flexibility index (Phi) is 3.94. The lowest BCUT2D eigenvalue weighted by atomic mass is 10.2. The first kappa shape index (κ1) is 13.3. The van der Waals surface area contributed by atoms with Gasteiger partial charge in [0.25, 0.3) is 0 Å². The van der Waals surface area contributed by atoms with Gasteiger partial charge in [-0.05, 0) is 31.0 Å². The van der Waals surface area contributed by atoms with Gasteiger partial charge in [0.15, 0.2) is 0 Å². The Hall–Kier alpha value is -2.17. The highest BCUT2D eigenvalue weighted by atomic mass is 15.2. The number of nitrogens with zero attached hydrogens (tertiary/aromatic N) is 4. The smallest absolute Gasteiger partial charge is 0.221 e. The minimum absolute atomic E-state index is 0.310. The van der Waals surface area contributed by atoms with Crippen molar-refractivity contribution in [3.63, 3.8) is 0 Å². The molecule has 0 aliphatic rings. The van der Waals surface area contributed by atoms with E-state index in [0.717, 1.165) is 30.0 Å². The Labute approximate surface area is 113 Å². The third kappa shape index (κ3) is 3.19. The van der Waals surface area contributed by atoms with Gasteiger partial charge in [0.2, 0.25) is 5.95 Å². The lowest BCUT2D eigenvalue weighted by Crippen LogP contribution is -2.20. The van der Waals surface area contributed by atoms with Crippen LogP contribution in [0.3, 0.4) is 0 Å². The van der Waals surface area contributed by atoms with Crippen molar-refractivity contribution in [1.82, 2.24) is 15.0 Å². The lowest BCUT2D eigenvalue weighted by Gasteiger charge is -2.21. The fourth-order valence-electron chi connectivity index (χ4n) is 2.04. The molecule has 19 heavy (non-hydrogen) atoms. The van der Waals surface area contributed by atoms with E-state index in [2.05, 4.69) is 32.8 Å². The molecular weight excluding hydrogens is 238 g/mol. The lowest BCUT2D eigenvalue weighted by molar-refractivity contribution is 0.869. The van der Waals surface area contributed by atoms with Gasteiger partial charge in [-0.2, -0.15) is 4.98 Å². The number of hydrogen-bond donors (Lipinski definition) is 1. The molecule has 0 saturated carbocycles. The molecule has 0 aliphatic heterocycles. The highest BCUT2D eigenvalue weighted by molar-refractivity contribution is 5.48. The Morgan fingerprint density at radius 2 is 2.11 bits per heavy atom. The Morgan fingerprint density at radius 1 is 1.32 bits per heavy atom. The van der Waals surface area contributed by atoms with Crippen LogP contribution in [-0.2, 0) is 13.0 Å². The van der Waals surface area contributed by atoms with E-state index >= 15 is 0 Å².